The second-order valence-electron chi connectivity index (χ2n) is 2.92. The van der Waals surface area contributed by atoms with Crippen LogP contribution in [0.4, 0.5) is 4.79 Å². The SMILES string of the molecule is C=CCN(CC(=C)O)C1COC(=O)O1. The number of carbonyl (C=O) groups excluding carboxylic acids is 1. The highest BCUT2D eigenvalue weighted by Gasteiger charge is 2.30. The Morgan fingerprint density at radius 1 is 1.79 bits per heavy atom. The molecule has 0 aromatic heterocycles. The number of cyclic esters (lactones) is 2. The molecule has 0 radical (unpaired) electrons. The number of hydrogen-bond acceptors (Lipinski definition) is 5. The average molecular weight is 199 g/mol. The molecule has 0 aliphatic carbocycles. The van der Waals surface area contributed by atoms with Crippen LogP contribution in [0.2, 0.25) is 0 Å². The summed E-state index contributed by atoms with van der Waals surface area (Å²) in [6, 6.07) is 0. The molecule has 1 rings (SSSR count). The van der Waals surface area contributed by atoms with Crippen LogP contribution in [0.3, 0.4) is 0 Å². The van der Waals surface area contributed by atoms with Crippen molar-refractivity contribution in [3.05, 3.63) is 25.0 Å². The van der Waals surface area contributed by atoms with E-state index in [4.69, 9.17) is 9.84 Å². The van der Waals surface area contributed by atoms with Gasteiger partial charge >= 0.3 is 6.16 Å². The molecular weight excluding hydrogens is 186 g/mol. The number of aliphatic hydroxyl groups is 1. The Morgan fingerprint density at radius 2 is 2.50 bits per heavy atom. The smallest absolute Gasteiger partial charge is 0.510 e. The fourth-order valence-corrected chi connectivity index (χ4v) is 1.18. The van der Waals surface area contributed by atoms with Gasteiger partial charge < -0.3 is 14.6 Å². The van der Waals surface area contributed by atoms with E-state index in [1.165, 1.54) is 0 Å². The molecule has 1 atom stereocenters. The van der Waals surface area contributed by atoms with Crippen LogP contribution in [0.1, 0.15) is 0 Å². The van der Waals surface area contributed by atoms with Crippen LogP contribution in [0, 0.1) is 0 Å². The van der Waals surface area contributed by atoms with Crippen LogP contribution in [-0.2, 0) is 9.47 Å². The third kappa shape index (κ3) is 2.77. The zero-order chi connectivity index (χ0) is 10.6. The Labute approximate surface area is 82.2 Å². The molecular formula is C9H13NO4. The van der Waals surface area contributed by atoms with Gasteiger partial charge in [0.1, 0.15) is 6.61 Å². The van der Waals surface area contributed by atoms with Crippen molar-refractivity contribution in [2.45, 2.75) is 6.23 Å². The third-order valence-corrected chi connectivity index (χ3v) is 1.73. The van der Waals surface area contributed by atoms with Crippen molar-refractivity contribution < 1.29 is 19.4 Å². The molecule has 1 aliphatic heterocycles. The summed E-state index contributed by atoms with van der Waals surface area (Å²) in [5.74, 6) is 0.00907. The lowest BCUT2D eigenvalue weighted by molar-refractivity contribution is 0.0296. The summed E-state index contributed by atoms with van der Waals surface area (Å²) < 4.78 is 9.47. The topological polar surface area (TPSA) is 59.0 Å². The van der Waals surface area contributed by atoms with Crippen molar-refractivity contribution in [3.8, 4) is 0 Å². The zero-order valence-corrected chi connectivity index (χ0v) is 7.81. The summed E-state index contributed by atoms with van der Waals surface area (Å²) in [4.78, 5) is 12.4. The van der Waals surface area contributed by atoms with Crippen LogP contribution >= 0.6 is 0 Å². The Kier molecular flexibility index (Phi) is 3.53. The summed E-state index contributed by atoms with van der Waals surface area (Å²) in [7, 11) is 0. The number of aliphatic hydroxyl groups excluding tert-OH is 1. The van der Waals surface area contributed by atoms with Gasteiger partial charge in [-0.25, -0.2) is 4.79 Å². The van der Waals surface area contributed by atoms with Gasteiger partial charge in [-0.05, 0) is 0 Å². The maximum atomic E-state index is 10.7. The molecule has 0 spiro atoms. The minimum absolute atomic E-state index is 0.00907. The van der Waals surface area contributed by atoms with E-state index in [2.05, 4.69) is 17.9 Å². The second kappa shape index (κ2) is 4.66. The summed E-state index contributed by atoms with van der Waals surface area (Å²) in [5.41, 5.74) is 0. The van der Waals surface area contributed by atoms with Crippen LogP contribution < -0.4 is 0 Å². The van der Waals surface area contributed by atoms with E-state index in [9.17, 15) is 4.79 Å². The van der Waals surface area contributed by atoms with E-state index in [0.717, 1.165) is 0 Å². The van der Waals surface area contributed by atoms with Gasteiger partial charge in [-0.2, -0.15) is 0 Å². The van der Waals surface area contributed by atoms with Crippen molar-refractivity contribution in [2.75, 3.05) is 19.7 Å². The third-order valence-electron chi connectivity index (χ3n) is 1.73. The fourth-order valence-electron chi connectivity index (χ4n) is 1.18. The maximum absolute atomic E-state index is 10.7. The van der Waals surface area contributed by atoms with Crippen LogP contribution in [-0.4, -0.2) is 42.1 Å². The van der Waals surface area contributed by atoms with Crippen molar-refractivity contribution >= 4 is 6.16 Å². The van der Waals surface area contributed by atoms with Gasteiger partial charge in [0.2, 0.25) is 0 Å². The Balaban J connectivity index is 2.52. The molecule has 0 aromatic rings. The number of ether oxygens (including phenoxy) is 2. The lowest BCUT2D eigenvalue weighted by Gasteiger charge is -2.23. The predicted octanol–water partition coefficient (Wildman–Crippen LogP) is 1.04. The molecule has 5 nitrogen and oxygen atoms in total. The van der Waals surface area contributed by atoms with Gasteiger partial charge in [0.25, 0.3) is 0 Å². The maximum Gasteiger partial charge on any atom is 0.510 e. The zero-order valence-electron chi connectivity index (χ0n) is 7.81. The second-order valence-corrected chi connectivity index (χ2v) is 2.92. The largest absolute Gasteiger partial charge is 0.512 e. The van der Waals surface area contributed by atoms with E-state index in [0.29, 0.717) is 6.54 Å². The first kappa shape index (κ1) is 10.6. The van der Waals surface area contributed by atoms with Crippen molar-refractivity contribution in [2.24, 2.45) is 0 Å². The van der Waals surface area contributed by atoms with E-state index < -0.39 is 12.4 Å². The highest BCUT2D eigenvalue weighted by atomic mass is 16.8. The van der Waals surface area contributed by atoms with Crippen LogP contribution in [0.25, 0.3) is 0 Å². The highest BCUT2D eigenvalue weighted by molar-refractivity contribution is 5.61. The minimum Gasteiger partial charge on any atom is -0.512 e. The van der Waals surface area contributed by atoms with Gasteiger partial charge in [0.05, 0.1) is 12.3 Å². The molecule has 1 N–H and O–H groups in total. The Morgan fingerprint density at radius 3 is 2.93 bits per heavy atom. The number of rotatable bonds is 5. The molecule has 0 amide bonds. The quantitative estimate of drug-likeness (QED) is 0.407. The van der Waals surface area contributed by atoms with Gasteiger partial charge in [0.15, 0.2) is 6.23 Å². The number of hydrogen-bond donors (Lipinski definition) is 1. The van der Waals surface area contributed by atoms with E-state index >= 15 is 0 Å². The first-order valence-electron chi connectivity index (χ1n) is 4.18. The molecule has 1 aliphatic rings. The molecule has 1 unspecified atom stereocenters. The number of nitrogens with zero attached hydrogens (tertiary/aromatic N) is 1. The van der Waals surface area contributed by atoms with Crippen molar-refractivity contribution in [1.82, 2.24) is 4.90 Å². The van der Waals surface area contributed by atoms with Gasteiger partial charge in [-0.15, -0.1) is 6.58 Å². The molecule has 0 saturated carbocycles. The fraction of sp³-hybridized carbons (Fsp3) is 0.444. The van der Waals surface area contributed by atoms with E-state index in [-0.39, 0.29) is 18.9 Å². The summed E-state index contributed by atoms with van der Waals surface area (Å²) in [5, 5.41) is 9.02. The monoisotopic (exact) mass is 199 g/mol. The molecule has 1 heterocycles. The molecule has 1 saturated heterocycles. The molecule has 0 aromatic carbocycles. The highest BCUT2D eigenvalue weighted by Crippen LogP contribution is 2.12. The van der Waals surface area contributed by atoms with Gasteiger partial charge in [0, 0.05) is 6.54 Å². The normalized spacial score (nSPS) is 20.4. The molecule has 5 heteroatoms. The van der Waals surface area contributed by atoms with Crippen molar-refractivity contribution in [3.63, 3.8) is 0 Å². The lowest BCUT2D eigenvalue weighted by atomic mass is 10.4. The number of carbonyl (C=O) groups is 1. The van der Waals surface area contributed by atoms with E-state index in [1.54, 1.807) is 11.0 Å². The van der Waals surface area contributed by atoms with Crippen molar-refractivity contribution in [1.29, 1.82) is 0 Å². The van der Waals surface area contributed by atoms with Gasteiger partial charge in [-0.1, -0.05) is 12.7 Å². The molecule has 0 bridgehead atoms. The molecule has 78 valence electrons. The average Bonchev–Trinajstić information content (AvgIpc) is 2.50. The first-order valence-corrected chi connectivity index (χ1v) is 4.18. The predicted molar refractivity (Wildman–Crippen MR) is 49.8 cm³/mol. The first-order chi connectivity index (χ1) is 6.63. The van der Waals surface area contributed by atoms with Crippen LogP contribution in [0.5, 0.6) is 0 Å². The lowest BCUT2D eigenvalue weighted by Crippen LogP contribution is -2.38. The summed E-state index contributed by atoms with van der Waals surface area (Å²) >= 11 is 0. The minimum atomic E-state index is -0.687. The Bertz CT molecular complexity index is 251. The Hall–Kier alpha value is -1.49. The standard InChI is InChI=1S/C9H13NO4/c1-3-4-10(5-7(2)11)8-6-13-9(12)14-8/h3,8,11H,1-2,4-6H2. The molecule has 1 fully saturated rings. The summed E-state index contributed by atoms with van der Waals surface area (Å²) in [6.45, 7) is 7.81. The van der Waals surface area contributed by atoms with Crippen LogP contribution in [0.15, 0.2) is 25.0 Å². The molecule has 14 heavy (non-hydrogen) atoms. The van der Waals surface area contributed by atoms with E-state index in [1.807, 2.05) is 0 Å². The summed E-state index contributed by atoms with van der Waals surface area (Å²) in [6.07, 6.45) is 0.492. The van der Waals surface area contributed by atoms with Gasteiger partial charge in [-0.3, -0.25) is 4.90 Å².